The number of halogens is 1. The van der Waals surface area contributed by atoms with Crippen molar-refractivity contribution in [1.29, 1.82) is 0 Å². The molecule has 0 spiro atoms. The summed E-state index contributed by atoms with van der Waals surface area (Å²) in [7, 11) is 1.55. The second-order valence-corrected chi connectivity index (χ2v) is 7.04. The Morgan fingerprint density at radius 3 is 2.88 bits per heavy atom. The fraction of sp³-hybridized carbons (Fsp3) is 0.211. The van der Waals surface area contributed by atoms with Crippen LogP contribution >= 0.6 is 22.9 Å². The molecule has 0 aliphatic rings. The van der Waals surface area contributed by atoms with E-state index in [4.69, 9.17) is 16.3 Å². The van der Waals surface area contributed by atoms with Gasteiger partial charge in [-0.1, -0.05) is 17.7 Å². The molecule has 134 valence electrons. The summed E-state index contributed by atoms with van der Waals surface area (Å²) >= 11 is 7.62. The Bertz CT molecular complexity index is 912. The number of aromatic nitrogens is 2. The van der Waals surface area contributed by atoms with E-state index in [1.54, 1.807) is 19.4 Å². The molecule has 0 saturated heterocycles. The molecule has 2 heterocycles. The third kappa shape index (κ3) is 4.39. The summed E-state index contributed by atoms with van der Waals surface area (Å²) in [5.74, 6) is 0.445. The van der Waals surface area contributed by atoms with Crippen molar-refractivity contribution in [2.75, 3.05) is 12.4 Å². The van der Waals surface area contributed by atoms with Crippen LogP contribution in [0.4, 0.5) is 5.69 Å². The van der Waals surface area contributed by atoms with Crippen LogP contribution in [0.2, 0.25) is 5.02 Å². The van der Waals surface area contributed by atoms with Crippen LogP contribution in [0.5, 0.6) is 5.75 Å². The van der Waals surface area contributed by atoms with E-state index in [-0.39, 0.29) is 5.91 Å². The number of carbonyl (C=O) groups is 1. The number of methoxy groups -OCH3 is 1. The molecule has 3 aromatic rings. The lowest BCUT2D eigenvalue weighted by Crippen LogP contribution is -2.13. The summed E-state index contributed by atoms with van der Waals surface area (Å²) in [5.41, 5.74) is 3.16. The van der Waals surface area contributed by atoms with Crippen molar-refractivity contribution in [1.82, 2.24) is 9.97 Å². The highest BCUT2D eigenvalue weighted by Crippen LogP contribution is 2.31. The molecule has 0 atom stereocenters. The Morgan fingerprint density at radius 1 is 1.31 bits per heavy atom. The van der Waals surface area contributed by atoms with Crippen molar-refractivity contribution < 1.29 is 9.53 Å². The molecule has 0 aliphatic heterocycles. The van der Waals surface area contributed by atoms with Crippen molar-refractivity contribution in [3.8, 4) is 17.1 Å². The number of hydrogen-bond donors (Lipinski definition) is 1. The van der Waals surface area contributed by atoms with Crippen LogP contribution in [-0.2, 0) is 11.2 Å². The van der Waals surface area contributed by atoms with Gasteiger partial charge in [-0.2, -0.15) is 0 Å². The quantitative estimate of drug-likeness (QED) is 0.663. The normalized spacial score (nSPS) is 10.6. The van der Waals surface area contributed by atoms with Gasteiger partial charge in [-0.05, 0) is 30.7 Å². The molecule has 1 aromatic carbocycles. The number of ether oxygens (including phenoxy) is 1. The number of aryl methyl sites for hydroxylation is 2. The van der Waals surface area contributed by atoms with E-state index in [0.29, 0.717) is 29.3 Å². The summed E-state index contributed by atoms with van der Waals surface area (Å²) in [6.45, 7) is 1.88. The summed E-state index contributed by atoms with van der Waals surface area (Å²) in [6.07, 6.45) is 2.64. The van der Waals surface area contributed by atoms with Gasteiger partial charge in [0.1, 0.15) is 5.75 Å². The van der Waals surface area contributed by atoms with Crippen LogP contribution in [0, 0.1) is 6.92 Å². The van der Waals surface area contributed by atoms with Gasteiger partial charge in [-0.3, -0.25) is 9.78 Å². The zero-order valence-electron chi connectivity index (χ0n) is 14.5. The summed E-state index contributed by atoms with van der Waals surface area (Å²) < 4.78 is 5.28. The topological polar surface area (TPSA) is 64.1 Å². The third-order valence-electron chi connectivity index (χ3n) is 3.80. The number of benzene rings is 1. The minimum Gasteiger partial charge on any atom is -0.495 e. The smallest absolute Gasteiger partial charge is 0.224 e. The van der Waals surface area contributed by atoms with Crippen LogP contribution in [0.15, 0.2) is 41.9 Å². The van der Waals surface area contributed by atoms with Crippen molar-refractivity contribution in [3.05, 3.63) is 57.5 Å². The maximum Gasteiger partial charge on any atom is 0.224 e. The number of hydrogen-bond acceptors (Lipinski definition) is 5. The van der Waals surface area contributed by atoms with Crippen LogP contribution in [0.25, 0.3) is 11.4 Å². The van der Waals surface area contributed by atoms with E-state index in [1.165, 1.54) is 11.3 Å². The number of rotatable bonds is 6. The number of carbonyl (C=O) groups excluding carboxylic acids is 1. The number of nitrogens with zero attached hydrogens (tertiary/aromatic N) is 2. The van der Waals surface area contributed by atoms with Gasteiger partial charge in [-0.15, -0.1) is 11.3 Å². The average molecular weight is 388 g/mol. The fourth-order valence-corrected chi connectivity index (χ4v) is 3.37. The van der Waals surface area contributed by atoms with Gasteiger partial charge in [0.05, 0.1) is 29.2 Å². The van der Waals surface area contributed by atoms with Crippen molar-refractivity contribution in [2.24, 2.45) is 0 Å². The molecule has 0 bridgehead atoms. The first-order chi connectivity index (χ1) is 12.6. The molecule has 0 fully saturated rings. The molecule has 0 radical (unpaired) electrons. The number of amides is 1. The maximum absolute atomic E-state index is 12.3. The predicted molar refractivity (Wildman–Crippen MR) is 105 cm³/mol. The number of pyridine rings is 1. The first kappa shape index (κ1) is 18.4. The molecular formula is C19H18ClN3O2S. The molecule has 1 N–H and O–H groups in total. The monoisotopic (exact) mass is 387 g/mol. The van der Waals surface area contributed by atoms with Crippen LogP contribution in [0.3, 0.4) is 0 Å². The minimum atomic E-state index is -0.0976. The lowest BCUT2D eigenvalue weighted by Gasteiger charge is -2.12. The molecule has 7 heteroatoms. The summed E-state index contributed by atoms with van der Waals surface area (Å²) in [4.78, 5) is 21.1. The second-order valence-electron chi connectivity index (χ2n) is 5.69. The standard InChI is InChI=1S/C19H18ClN3O2S/c1-12-9-15(17(25-2)10-13(12)20)22-18(24)6-7-19-23-16(11-26-19)14-5-3-4-8-21-14/h3-5,8-11H,6-7H2,1-2H3,(H,22,24). The van der Waals surface area contributed by atoms with Crippen LogP contribution in [-0.4, -0.2) is 23.0 Å². The molecule has 26 heavy (non-hydrogen) atoms. The van der Waals surface area contributed by atoms with Gasteiger partial charge in [0.25, 0.3) is 0 Å². The van der Waals surface area contributed by atoms with Gasteiger partial charge >= 0.3 is 0 Å². The van der Waals surface area contributed by atoms with E-state index in [2.05, 4.69) is 15.3 Å². The molecule has 0 aliphatic carbocycles. The van der Waals surface area contributed by atoms with Gasteiger partial charge in [0, 0.05) is 35.5 Å². The Morgan fingerprint density at radius 2 is 2.15 bits per heavy atom. The zero-order chi connectivity index (χ0) is 18.5. The molecule has 1 amide bonds. The minimum absolute atomic E-state index is 0.0976. The Kier molecular flexibility index (Phi) is 5.85. The largest absolute Gasteiger partial charge is 0.495 e. The number of thiazole rings is 1. The van der Waals surface area contributed by atoms with E-state index >= 15 is 0 Å². The number of anilines is 1. The van der Waals surface area contributed by atoms with Crippen LogP contribution < -0.4 is 10.1 Å². The third-order valence-corrected chi connectivity index (χ3v) is 5.12. The van der Waals surface area contributed by atoms with Crippen molar-refractivity contribution >= 4 is 34.5 Å². The maximum atomic E-state index is 12.3. The van der Waals surface area contributed by atoms with Gasteiger partial charge in [0.15, 0.2) is 0 Å². The van der Waals surface area contributed by atoms with Gasteiger partial charge in [0.2, 0.25) is 5.91 Å². The molecular weight excluding hydrogens is 370 g/mol. The summed E-state index contributed by atoms with van der Waals surface area (Å²) in [6, 6.07) is 9.22. The molecule has 0 unspecified atom stereocenters. The Hall–Kier alpha value is -2.44. The van der Waals surface area contributed by atoms with Gasteiger partial charge in [-0.25, -0.2) is 4.98 Å². The first-order valence-electron chi connectivity index (χ1n) is 8.06. The van der Waals surface area contributed by atoms with E-state index in [0.717, 1.165) is 22.0 Å². The second kappa shape index (κ2) is 8.29. The van der Waals surface area contributed by atoms with Crippen molar-refractivity contribution in [2.45, 2.75) is 19.8 Å². The average Bonchev–Trinajstić information content (AvgIpc) is 3.12. The SMILES string of the molecule is COc1cc(Cl)c(C)cc1NC(=O)CCc1nc(-c2ccccn2)cs1. The summed E-state index contributed by atoms with van der Waals surface area (Å²) in [5, 5.41) is 6.34. The highest BCUT2D eigenvalue weighted by Gasteiger charge is 2.12. The van der Waals surface area contributed by atoms with Gasteiger partial charge < -0.3 is 10.1 Å². The fourth-order valence-electron chi connectivity index (χ4n) is 2.42. The lowest BCUT2D eigenvalue weighted by atomic mass is 10.2. The molecule has 2 aromatic heterocycles. The molecule has 5 nitrogen and oxygen atoms in total. The highest BCUT2D eigenvalue weighted by atomic mass is 35.5. The predicted octanol–water partition coefficient (Wildman–Crippen LogP) is 4.75. The van der Waals surface area contributed by atoms with E-state index in [9.17, 15) is 4.79 Å². The first-order valence-corrected chi connectivity index (χ1v) is 9.32. The highest BCUT2D eigenvalue weighted by molar-refractivity contribution is 7.09. The lowest BCUT2D eigenvalue weighted by molar-refractivity contribution is -0.116. The zero-order valence-corrected chi connectivity index (χ0v) is 16.0. The number of nitrogens with one attached hydrogen (secondary N) is 1. The van der Waals surface area contributed by atoms with E-state index in [1.807, 2.05) is 36.6 Å². The van der Waals surface area contributed by atoms with Crippen molar-refractivity contribution in [3.63, 3.8) is 0 Å². The Labute approximate surface area is 161 Å². The van der Waals surface area contributed by atoms with E-state index < -0.39 is 0 Å². The molecule has 0 saturated carbocycles. The Balaban J connectivity index is 1.62. The molecule has 3 rings (SSSR count). The van der Waals surface area contributed by atoms with Crippen LogP contribution in [0.1, 0.15) is 17.0 Å².